The third-order valence-electron chi connectivity index (χ3n) is 8.22. The van der Waals surface area contributed by atoms with Crippen molar-refractivity contribution in [1.82, 2.24) is 0 Å². The minimum atomic E-state index is 0.406. The molecule has 0 radical (unpaired) electrons. The molecule has 124 valence electrons. The Labute approximate surface area is 142 Å². The summed E-state index contributed by atoms with van der Waals surface area (Å²) in [6.45, 7) is 16.0. The zero-order chi connectivity index (χ0) is 16.4. The van der Waals surface area contributed by atoms with Gasteiger partial charge in [-0.05, 0) is 86.0 Å². The highest BCUT2D eigenvalue weighted by atomic mass is 14.6. The standard InChI is InChI=1S/C23H32/c1-6-19-16(3)14-21-18-8-7-17-13-15(2)9-11-22(17,4)20(18)10-12-23(19,21)5/h6,13,18,20-21H,2-3,7-12,14H2,1,4-5H3/b19-6+/t18?,20-,21-,22?,23?/m0/s1. The lowest BCUT2D eigenvalue weighted by Gasteiger charge is -2.57. The first kappa shape index (κ1) is 15.5. The van der Waals surface area contributed by atoms with E-state index in [-0.39, 0.29) is 0 Å². The highest BCUT2D eigenvalue weighted by molar-refractivity contribution is 5.43. The average Bonchev–Trinajstić information content (AvgIpc) is 2.77. The van der Waals surface area contributed by atoms with Crippen LogP contribution in [0.25, 0.3) is 0 Å². The SMILES string of the molecule is C=C1C=C2CCC3[C@H](CCC4(C)/C(=C/C)C(=C)C[C@@H]34)C2(C)CC1. The molecule has 0 heterocycles. The molecule has 0 aromatic carbocycles. The molecule has 5 atom stereocenters. The maximum Gasteiger partial charge on any atom is -0.00418 e. The van der Waals surface area contributed by atoms with Crippen molar-refractivity contribution < 1.29 is 0 Å². The van der Waals surface area contributed by atoms with Crippen molar-refractivity contribution in [2.45, 2.75) is 65.7 Å². The lowest BCUT2D eigenvalue weighted by molar-refractivity contribution is -0.0234. The van der Waals surface area contributed by atoms with Crippen molar-refractivity contribution in [1.29, 1.82) is 0 Å². The molecule has 3 fully saturated rings. The molecule has 3 unspecified atom stereocenters. The second-order valence-corrected chi connectivity index (χ2v) is 9.13. The van der Waals surface area contributed by atoms with Crippen LogP contribution in [0.1, 0.15) is 65.7 Å². The number of fused-ring (bicyclic) bond motifs is 5. The maximum atomic E-state index is 4.43. The molecule has 4 aliphatic rings. The predicted molar refractivity (Wildman–Crippen MR) is 99.1 cm³/mol. The van der Waals surface area contributed by atoms with Gasteiger partial charge in [0, 0.05) is 0 Å². The first-order chi connectivity index (χ1) is 10.9. The summed E-state index contributed by atoms with van der Waals surface area (Å²) in [4.78, 5) is 0. The zero-order valence-electron chi connectivity index (χ0n) is 15.3. The lowest BCUT2D eigenvalue weighted by atomic mass is 9.47. The van der Waals surface area contributed by atoms with Crippen molar-refractivity contribution in [3.63, 3.8) is 0 Å². The second kappa shape index (κ2) is 4.98. The van der Waals surface area contributed by atoms with Crippen LogP contribution in [0.2, 0.25) is 0 Å². The molecule has 0 amide bonds. The molecule has 0 bridgehead atoms. The van der Waals surface area contributed by atoms with Crippen LogP contribution in [-0.2, 0) is 0 Å². The van der Waals surface area contributed by atoms with E-state index in [1.807, 2.05) is 0 Å². The van der Waals surface area contributed by atoms with Crippen molar-refractivity contribution in [3.05, 3.63) is 47.6 Å². The van der Waals surface area contributed by atoms with Crippen molar-refractivity contribution in [3.8, 4) is 0 Å². The Kier molecular flexibility index (Phi) is 3.35. The van der Waals surface area contributed by atoms with Gasteiger partial charge < -0.3 is 0 Å². The Morgan fingerprint density at radius 1 is 1.04 bits per heavy atom. The molecule has 23 heavy (non-hydrogen) atoms. The Bertz CT molecular complexity index is 630. The van der Waals surface area contributed by atoms with Crippen molar-refractivity contribution >= 4 is 0 Å². The van der Waals surface area contributed by atoms with E-state index < -0.39 is 0 Å². The van der Waals surface area contributed by atoms with Gasteiger partial charge in [-0.2, -0.15) is 0 Å². The van der Waals surface area contributed by atoms with Gasteiger partial charge in [0.2, 0.25) is 0 Å². The molecule has 0 aromatic rings. The molecule has 4 aliphatic carbocycles. The summed E-state index contributed by atoms with van der Waals surface area (Å²) < 4.78 is 0. The van der Waals surface area contributed by atoms with E-state index in [1.165, 1.54) is 56.1 Å². The molecule has 0 N–H and O–H groups in total. The Hall–Kier alpha value is -1.04. The zero-order valence-corrected chi connectivity index (χ0v) is 15.3. The molecule has 0 heteroatoms. The van der Waals surface area contributed by atoms with E-state index in [0.717, 1.165) is 17.8 Å². The lowest BCUT2D eigenvalue weighted by Crippen LogP contribution is -2.49. The highest BCUT2D eigenvalue weighted by Gasteiger charge is 2.57. The average molecular weight is 309 g/mol. The Morgan fingerprint density at radius 3 is 2.57 bits per heavy atom. The maximum absolute atomic E-state index is 4.43. The topological polar surface area (TPSA) is 0 Å². The van der Waals surface area contributed by atoms with Crippen molar-refractivity contribution in [2.24, 2.45) is 28.6 Å². The van der Waals surface area contributed by atoms with Crippen LogP contribution >= 0.6 is 0 Å². The Balaban J connectivity index is 1.72. The number of allylic oxidation sites excluding steroid dienone is 6. The van der Waals surface area contributed by atoms with Gasteiger partial charge in [-0.25, -0.2) is 0 Å². The first-order valence-corrected chi connectivity index (χ1v) is 9.64. The van der Waals surface area contributed by atoms with Gasteiger partial charge >= 0.3 is 0 Å². The summed E-state index contributed by atoms with van der Waals surface area (Å²) in [5, 5.41) is 0. The van der Waals surface area contributed by atoms with E-state index in [0.29, 0.717) is 10.8 Å². The van der Waals surface area contributed by atoms with Gasteiger partial charge in [0.15, 0.2) is 0 Å². The van der Waals surface area contributed by atoms with Crippen LogP contribution in [0, 0.1) is 28.6 Å². The van der Waals surface area contributed by atoms with Crippen molar-refractivity contribution in [2.75, 3.05) is 0 Å². The summed E-state index contributed by atoms with van der Waals surface area (Å²) in [6, 6.07) is 0. The summed E-state index contributed by atoms with van der Waals surface area (Å²) in [6.07, 6.45) is 14.1. The van der Waals surface area contributed by atoms with Gasteiger partial charge in [-0.15, -0.1) is 0 Å². The van der Waals surface area contributed by atoms with E-state index >= 15 is 0 Å². The monoisotopic (exact) mass is 308 g/mol. The molecule has 0 saturated heterocycles. The fourth-order valence-electron chi connectivity index (χ4n) is 6.99. The molecular formula is C23H32. The Morgan fingerprint density at radius 2 is 1.83 bits per heavy atom. The van der Waals surface area contributed by atoms with Gasteiger partial charge in [-0.3, -0.25) is 0 Å². The number of hydrogen-bond acceptors (Lipinski definition) is 0. The van der Waals surface area contributed by atoms with E-state index in [1.54, 1.807) is 11.1 Å². The third-order valence-corrected chi connectivity index (χ3v) is 8.22. The molecule has 0 spiro atoms. The minimum Gasteiger partial charge on any atom is -0.0958 e. The van der Waals surface area contributed by atoms with E-state index in [2.05, 4.69) is 46.1 Å². The molecule has 0 aliphatic heterocycles. The minimum absolute atomic E-state index is 0.406. The van der Waals surface area contributed by atoms with Crippen LogP contribution in [0.3, 0.4) is 0 Å². The molecule has 0 nitrogen and oxygen atoms in total. The van der Waals surface area contributed by atoms with Crippen LogP contribution in [-0.4, -0.2) is 0 Å². The highest BCUT2D eigenvalue weighted by Crippen LogP contribution is 2.67. The number of hydrogen-bond donors (Lipinski definition) is 0. The number of rotatable bonds is 0. The van der Waals surface area contributed by atoms with Crippen LogP contribution in [0.5, 0.6) is 0 Å². The van der Waals surface area contributed by atoms with E-state index in [4.69, 9.17) is 0 Å². The quantitative estimate of drug-likeness (QED) is 0.472. The van der Waals surface area contributed by atoms with Crippen LogP contribution in [0.4, 0.5) is 0 Å². The van der Waals surface area contributed by atoms with Crippen LogP contribution < -0.4 is 0 Å². The molecule has 0 aromatic heterocycles. The van der Waals surface area contributed by atoms with Crippen LogP contribution in [0.15, 0.2) is 47.6 Å². The van der Waals surface area contributed by atoms with Gasteiger partial charge in [0.1, 0.15) is 0 Å². The summed E-state index contributed by atoms with van der Waals surface area (Å²) in [5.74, 6) is 2.62. The smallest absolute Gasteiger partial charge is 0.00418 e. The third kappa shape index (κ3) is 1.96. The summed E-state index contributed by atoms with van der Waals surface area (Å²) >= 11 is 0. The van der Waals surface area contributed by atoms with E-state index in [9.17, 15) is 0 Å². The van der Waals surface area contributed by atoms with Gasteiger partial charge in [0.05, 0.1) is 0 Å². The van der Waals surface area contributed by atoms with Gasteiger partial charge in [0.25, 0.3) is 0 Å². The largest absolute Gasteiger partial charge is 0.0958 e. The predicted octanol–water partition coefficient (Wildman–Crippen LogP) is 6.62. The fourth-order valence-corrected chi connectivity index (χ4v) is 6.99. The summed E-state index contributed by atoms with van der Waals surface area (Å²) in [7, 11) is 0. The summed E-state index contributed by atoms with van der Waals surface area (Å²) in [5.41, 5.74) is 6.96. The first-order valence-electron chi connectivity index (χ1n) is 9.64. The van der Waals surface area contributed by atoms with Gasteiger partial charge in [-0.1, -0.05) is 55.9 Å². The fraction of sp³-hybridized carbons (Fsp3) is 0.652. The second-order valence-electron chi connectivity index (χ2n) is 9.13. The molecule has 3 saturated carbocycles. The molecular weight excluding hydrogens is 276 g/mol. The normalized spacial score (nSPS) is 47.9. The molecule has 4 rings (SSSR count).